The molecule has 1 N–H and O–H groups in total. The van der Waals surface area contributed by atoms with Crippen molar-refractivity contribution < 1.29 is 18.3 Å². The average molecular weight is 660 g/mol. The maximum Gasteiger partial charge on any atom is 0.335 e. The minimum Gasteiger partial charge on any atom is -0.436 e. The molecule has 4 aromatic rings. The number of rotatable bonds is 9. The number of ether oxygens (including phenoxy) is 1. The third-order valence-corrected chi connectivity index (χ3v) is 8.84. The number of halogens is 2. The summed E-state index contributed by atoms with van der Waals surface area (Å²) in [7, 11) is 2.16. The zero-order valence-corrected chi connectivity index (χ0v) is 27.3. The predicted octanol–water partition coefficient (Wildman–Crippen LogP) is 4.47. The van der Waals surface area contributed by atoms with E-state index in [9.17, 15) is 18.8 Å². The number of nitrogens with one attached hydrogen (secondary N) is 1. The van der Waals surface area contributed by atoms with Gasteiger partial charge in [0.15, 0.2) is 11.6 Å². The SMILES string of the molecule is CC(C)Cn1cc(C(=O)Nc2ccc(Oc3ncnc4c3CCN(CC3CCN(C)CC3)C4)c(F)c2)c(=O)n(-c2ccc(F)cc2)c1=O. The molecule has 0 unspecified atom stereocenters. The number of fused-ring (bicyclic) bond motifs is 1. The van der Waals surface area contributed by atoms with E-state index in [-0.39, 0.29) is 35.2 Å². The summed E-state index contributed by atoms with van der Waals surface area (Å²) in [5.41, 5.74) is 0.0231. The molecule has 1 saturated heterocycles. The van der Waals surface area contributed by atoms with Gasteiger partial charge in [-0.2, -0.15) is 0 Å². The van der Waals surface area contributed by atoms with Crippen molar-refractivity contribution in [3.05, 3.63) is 104 Å². The zero-order valence-electron chi connectivity index (χ0n) is 27.3. The van der Waals surface area contributed by atoms with Crippen molar-refractivity contribution in [1.29, 1.82) is 0 Å². The number of hydrogen-bond donors (Lipinski definition) is 1. The highest BCUT2D eigenvalue weighted by molar-refractivity contribution is 6.03. The molecule has 0 saturated carbocycles. The van der Waals surface area contributed by atoms with Gasteiger partial charge < -0.3 is 15.0 Å². The molecule has 1 amide bonds. The Hall–Kier alpha value is -4.75. The fraction of sp³-hybridized carbons (Fsp3) is 0.400. The van der Waals surface area contributed by atoms with Crippen molar-refractivity contribution in [2.24, 2.45) is 11.8 Å². The van der Waals surface area contributed by atoms with E-state index in [0.29, 0.717) is 24.8 Å². The second kappa shape index (κ2) is 14.2. The Bertz CT molecular complexity index is 1920. The van der Waals surface area contributed by atoms with Crippen molar-refractivity contribution in [2.45, 2.75) is 46.2 Å². The molecule has 4 heterocycles. The lowest BCUT2D eigenvalue weighted by molar-refractivity contribution is 0.102. The summed E-state index contributed by atoms with van der Waals surface area (Å²) < 4.78 is 36.9. The molecule has 0 bridgehead atoms. The zero-order chi connectivity index (χ0) is 33.9. The quantitative estimate of drug-likeness (QED) is 0.280. The van der Waals surface area contributed by atoms with Gasteiger partial charge in [-0.1, -0.05) is 13.8 Å². The molecule has 0 aliphatic carbocycles. The number of aromatic nitrogens is 4. The summed E-state index contributed by atoms with van der Waals surface area (Å²) in [5.74, 6) is -1.22. The van der Waals surface area contributed by atoms with Crippen molar-refractivity contribution in [3.63, 3.8) is 0 Å². The van der Waals surface area contributed by atoms with Gasteiger partial charge in [-0.3, -0.25) is 19.1 Å². The van der Waals surface area contributed by atoms with Gasteiger partial charge in [0.1, 0.15) is 17.7 Å². The lowest BCUT2D eigenvalue weighted by Gasteiger charge is -2.35. The van der Waals surface area contributed by atoms with Gasteiger partial charge in [0.25, 0.3) is 11.5 Å². The number of carbonyl (C=O) groups is 1. The Balaban J connectivity index is 1.18. The van der Waals surface area contributed by atoms with Gasteiger partial charge in [-0.05, 0) is 87.6 Å². The van der Waals surface area contributed by atoms with E-state index in [1.54, 1.807) is 0 Å². The first kappa shape index (κ1) is 33.2. The van der Waals surface area contributed by atoms with Gasteiger partial charge in [-0.15, -0.1) is 0 Å². The van der Waals surface area contributed by atoms with Crippen LogP contribution >= 0.6 is 0 Å². The van der Waals surface area contributed by atoms with Crippen LogP contribution in [0, 0.1) is 23.5 Å². The number of carbonyl (C=O) groups excluding carboxylic acids is 1. The van der Waals surface area contributed by atoms with Crippen LogP contribution in [0.25, 0.3) is 5.69 Å². The molecule has 2 aliphatic heterocycles. The highest BCUT2D eigenvalue weighted by Gasteiger charge is 2.26. The van der Waals surface area contributed by atoms with Crippen LogP contribution in [0.5, 0.6) is 11.6 Å². The number of nitrogens with zero attached hydrogens (tertiary/aromatic N) is 6. The Morgan fingerprint density at radius 2 is 1.79 bits per heavy atom. The van der Waals surface area contributed by atoms with E-state index in [2.05, 4.69) is 32.1 Å². The fourth-order valence-electron chi connectivity index (χ4n) is 6.30. The minimum atomic E-state index is -0.886. The summed E-state index contributed by atoms with van der Waals surface area (Å²) in [6.07, 6.45) is 5.68. The molecule has 2 aromatic heterocycles. The minimum absolute atomic E-state index is 0.0166. The number of anilines is 1. The topological polar surface area (TPSA) is 115 Å². The molecule has 13 heteroatoms. The molecule has 1 fully saturated rings. The summed E-state index contributed by atoms with van der Waals surface area (Å²) in [6, 6.07) is 8.74. The predicted molar refractivity (Wildman–Crippen MR) is 177 cm³/mol. The Morgan fingerprint density at radius 3 is 2.50 bits per heavy atom. The normalized spacial score (nSPS) is 15.8. The van der Waals surface area contributed by atoms with Gasteiger partial charge in [0.05, 0.1) is 11.4 Å². The summed E-state index contributed by atoms with van der Waals surface area (Å²) in [6.45, 7) is 8.77. The van der Waals surface area contributed by atoms with Gasteiger partial charge in [0, 0.05) is 49.7 Å². The van der Waals surface area contributed by atoms with Crippen LogP contribution in [0.1, 0.15) is 48.3 Å². The van der Waals surface area contributed by atoms with Crippen molar-refractivity contribution in [1.82, 2.24) is 28.9 Å². The standard InChI is InChI=1S/C35H39F2N7O4/c1-22(2)17-43-19-28(34(46)44(35(43)47)26-7-4-24(36)5-8-26)32(45)40-25-6-9-31(29(37)16-25)48-33-27-12-15-42(20-30(27)38-21-39-33)18-23-10-13-41(3)14-11-23/h4-9,16,19,21-23H,10-15,17-18,20H2,1-3H3,(H,40,45). The van der Waals surface area contributed by atoms with E-state index in [1.165, 1.54) is 54.2 Å². The van der Waals surface area contributed by atoms with Crippen LogP contribution in [0.2, 0.25) is 0 Å². The molecule has 11 nitrogen and oxygen atoms in total. The fourth-order valence-corrected chi connectivity index (χ4v) is 6.30. The lowest BCUT2D eigenvalue weighted by atomic mass is 9.95. The summed E-state index contributed by atoms with van der Waals surface area (Å²) in [4.78, 5) is 53.5. The highest BCUT2D eigenvalue weighted by Crippen LogP contribution is 2.31. The molecule has 2 aliphatic rings. The van der Waals surface area contributed by atoms with Gasteiger partial charge >= 0.3 is 5.69 Å². The maximum absolute atomic E-state index is 15.4. The molecule has 0 spiro atoms. The second-order valence-electron chi connectivity index (χ2n) is 13.0. The number of amides is 1. The van der Waals surface area contributed by atoms with Crippen LogP contribution in [0.3, 0.4) is 0 Å². The van der Waals surface area contributed by atoms with Crippen LogP contribution in [0.4, 0.5) is 14.5 Å². The Kier molecular flexibility index (Phi) is 9.78. The lowest BCUT2D eigenvalue weighted by Crippen LogP contribution is -2.42. The third-order valence-electron chi connectivity index (χ3n) is 8.84. The molecular formula is C35H39F2N7O4. The smallest absolute Gasteiger partial charge is 0.335 e. The van der Waals surface area contributed by atoms with Crippen LogP contribution in [0.15, 0.2) is 64.6 Å². The number of piperidine rings is 1. The molecule has 48 heavy (non-hydrogen) atoms. The average Bonchev–Trinajstić information content (AvgIpc) is 3.05. The maximum atomic E-state index is 15.4. The summed E-state index contributed by atoms with van der Waals surface area (Å²) >= 11 is 0. The number of likely N-dealkylation sites (tertiary alicyclic amines) is 1. The first-order valence-electron chi connectivity index (χ1n) is 16.2. The van der Waals surface area contributed by atoms with Crippen molar-refractivity contribution in [3.8, 4) is 17.3 Å². The Labute approximate surface area is 276 Å². The number of hydrogen-bond acceptors (Lipinski definition) is 8. The molecular weight excluding hydrogens is 620 g/mol. The van der Waals surface area contributed by atoms with E-state index in [4.69, 9.17) is 4.74 Å². The van der Waals surface area contributed by atoms with Gasteiger partial charge in [0.2, 0.25) is 5.88 Å². The van der Waals surface area contributed by atoms with Crippen LogP contribution < -0.4 is 21.3 Å². The largest absolute Gasteiger partial charge is 0.436 e. The molecule has 0 radical (unpaired) electrons. The first-order valence-corrected chi connectivity index (χ1v) is 16.2. The summed E-state index contributed by atoms with van der Waals surface area (Å²) in [5, 5.41) is 2.55. The third kappa shape index (κ3) is 7.37. The second-order valence-corrected chi connectivity index (χ2v) is 13.0. The van der Waals surface area contributed by atoms with Crippen molar-refractivity contribution in [2.75, 3.05) is 38.5 Å². The Morgan fingerprint density at radius 1 is 1.04 bits per heavy atom. The highest BCUT2D eigenvalue weighted by atomic mass is 19.1. The van der Waals surface area contributed by atoms with E-state index >= 15 is 4.39 Å². The van der Waals surface area contributed by atoms with E-state index in [0.717, 1.165) is 60.2 Å². The monoisotopic (exact) mass is 659 g/mol. The molecule has 6 rings (SSSR count). The first-order chi connectivity index (χ1) is 23.0. The molecule has 2 aromatic carbocycles. The van der Waals surface area contributed by atoms with Gasteiger partial charge in [-0.25, -0.2) is 28.1 Å². The van der Waals surface area contributed by atoms with Crippen LogP contribution in [-0.2, 0) is 19.5 Å². The van der Waals surface area contributed by atoms with Crippen LogP contribution in [-0.4, -0.2) is 68.0 Å². The van der Waals surface area contributed by atoms with E-state index < -0.39 is 28.8 Å². The van der Waals surface area contributed by atoms with Crippen molar-refractivity contribution >= 4 is 11.6 Å². The molecule has 252 valence electrons. The van der Waals surface area contributed by atoms with E-state index in [1.807, 2.05) is 13.8 Å². The number of benzene rings is 2. The molecule has 0 atom stereocenters.